The summed E-state index contributed by atoms with van der Waals surface area (Å²) in [7, 11) is 0. The molecule has 2 rings (SSSR count). The summed E-state index contributed by atoms with van der Waals surface area (Å²) in [5.74, 6) is 0. The Hall–Kier alpha value is -0.870. The van der Waals surface area contributed by atoms with Crippen molar-refractivity contribution in [1.82, 2.24) is 4.98 Å². The zero-order valence-electron chi connectivity index (χ0n) is 9.62. The molecule has 0 aliphatic heterocycles. The fraction of sp³-hybridized carbons (Fsp3) is 0.417. The van der Waals surface area contributed by atoms with Gasteiger partial charge in [0.2, 0.25) is 0 Å². The lowest BCUT2D eigenvalue weighted by atomic mass is 10.2. The summed E-state index contributed by atoms with van der Waals surface area (Å²) in [6.07, 6.45) is 2.12. The molecule has 0 fully saturated rings. The van der Waals surface area contributed by atoms with Crippen molar-refractivity contribution in [3.63, 3.8) is 0 Å². The molecule has 0 aromatic carbocycles. The predicted octanol–water partition coefficient (Wildman–Crippen LogP) is 3.94. The van der Waals surface area contributed by atoms with Gasteiger partial charge in [0.25, 0.3) is 0 Å². The zero-order valence-corrected chi connectivity index (χ0v) is 11.3. The Balaban J connectivity index is 1.96. The molecule has 0 atom stereocenters. The minimum atomic E-state index is 0.900. The summed E-state index contributed by atoms with van der Waals surface area (Å²) in [6.45, 7) is 5.23. The molecule has 0 bridgehead atoms. The van der Waals surface area contributed by atoms with Crippen LogP contribution in [0.1, 0.15) is 30.0 Å². The quantitative estimate of drug-likeness (QED) is 0.871. The highest BCUT2D eigenvalue weighted by atomic mass is 32.1. The molecule has 0 aliphatic rings. The third-order valence-corrected chi connectivity index (χ3v) is 4.34. The van der Waals surface area contributed by atoms with E-state index in [1.807, 2.05) is 11.3 Å². The van der Waals surface area contributed by atoms with Gasteiger partial charge in [-0.1, -0.05) is 13.8 Å². The summed E-state index contributed by atoms with van der Waals surface area (Å²) < 4.78 is 0. The van der Waals surface area contributed by atoms with Crippen LogP contribution < -0.4 is 5.32 Å². The summed E-state index contributed by atoms with van der Waals surface area (Å²) in [5, 5.41) is 8.71. The van der Waals surface area contributed by atoms with Crippen LogP contribution in [0.5, 0.6) is 0 Å². The number of aryl methyl sites for hydroxylation is 2. The van der Waals surface area contributed by atoms with E-state index in [0.29, 0.717) is 0 Å². The molecule has 0 saturated heterocycles. The second-order valence-electron chi connectivity index (χ2n) is 3.57. The molecular formula is C12H16N2S2. The van der Waals surface area contributed by atoms with Crippen LogP contribution in [0.2, 0.25) is 0 Å². The highest BCUT2D eigenvalue weighted by Gasteiger charge is 2.04. The van der Waals surface area contributed by atoms with Gasteiger partial charge in [-0.25, -0.2) is 4.98 Å². The maximum atomic E-state index is 4.50. The molecule has 4 heteroatoms. The van der Waals surface area contributed by atoms with Gasteiger partial charge < -0.3 is 5.32 Å². The number of hydrogen-bond donors (Lipinski definition) is 1. The molecule has 2 nitrogen and oxygen atoms in total. The molecule has 0 saturated carbocycles. The van der Waals surface area contributed by atoms with Crippen LogP contribution >= 0.6 is 22.7 Å². The predicted molar refractivity (Wildman–Crippen MR) is 72.5 cm³/mol. The van der Waals surface area contributed by atoms with Crippen LogP contribution in [0.25, 0.3) is 0 Å². The van der Waals surface area contributed by atoms with Crippen molar-refractivity contribution in [2.75, 3.05) is 5.32 Å². The van der Waals surface area contributed by atoms with Crippen LogP contribution in [0.3, 0.4) is 0 Å². The molecule has 0 amide bonds. The fourth-order valence-electron chi connectivity index (χ4n) is 1.54. The van der Waals surface area contributed by atoms with Gasteiger partial charge in [0.1, 0.15) is 0 Å². The minimum absolute atomic E-state index is 0.900. The average Bonchev–Trinajstić information content (AvgIpc) is 2.94. The second kappa shape index (κ2) is 5.46. The standard InChI is InChI=1S/C12H16N2S2/c1-3-9-5-6-15-11(9)7-13-12-14-10(4-2)8-16-12/h5-6,8H,3-4,7H2,1-2H3,(H,13,14). The van der Waals surface area contributed by atoms with Gasteiger partial charge in [-0.05, 0) is 29.9 Å². The van der Waals surface area contributed by atoms with E-state index in [2.05, 4.69) is 41.0 Å². The van der Waals surface area contributed by atoms with E-state index < -0.39 is 0 Å². The van der Waals surface area contributed by atoms with Crippen molar-refractivity contribution in [1.29, 1.82) is 0 Å². The molecule has 0 spiro atoms. The van der Waals surface area contributed by atoms with Gasteiger partial charge in [0.15, 0.2) is 5.13 Å². The van der Waals surface area contributed by atoms with Crippen molar-refractivity contribution in [2.24, 2.45) is 0 Å². The number of thiazole rings is 1. The van der Waals surface area contributed by atoms with Crippen molar-refractivity contribution < 1.29 is 0 Å². The van der Waals surface area contributed by atoms with Crippen molar-refractivity contribution >= 4 is 27.8 Å². The number of thiophene rings is 1. The van der Waals surface area contributed by atoms with Crippen LogP contribution in [0.4, 0.5) is 5.13 Å². The van der Waals surface area contributed by atoms with Gasteiger partial charge in [0.05, 0.1) is 12.2 Å². The largest absolute Gasteiger partial charge is 0.357 e. The molecule has 16 heavy (non-hydrogen) atoms. The summed E-state index contributed by atoms with van der Waals surface area (Å²) in [5.41, 5.74) is 2.62. The normalized spacial score (nSPS) is 10.6. The number of rotatable bonds is 5. The molecular weight excluding hydrogens is 236 g/mol. The number of nitrogens with one attached hydrogen (secondary N) is 1. The van der Waals surface area contributed by atoms with Gasteiger partial charge in [-0.3, -0.25) is 0 Å². The highest BCUT2D eigenvalue weighted by molar-refractivity contribution is 7.13. The number of hydrogen-bond acceptors (Lipinski definition) is 4. The smallest absolute Gasteiger partial charge is 0.183 e. The highest BCUT2D eigenvalue weighted by Crippen LogP contribution is 2.21. The molecule has 2 aromatic heterocycles. The molecule has 86 valence electrons. The van der Waals surface area contributed by atoms with Crippen molar-refractivity contribution in [3.8, 4) is 0 Å². The van der Waals surface area contributed by atoms with Crippen LogP contribution in [-0.2, 0) is 19.4 Å². The Morgan fingerprint density at radius 1 is 1.25 bits per heavy atom. The second-order valence-corrected chi connectivity index (χ2v) is 5.43. The maximum Gasteiger partial charge on any atom is 0.183 e. The third kappa shape index (κ3) is 2.62. The Morgan fingerprint density at radius 3 is 2.81 bits per heavy atom. The van der Waals surface area contributed by atoms with Gasteiger partial charge in [-0.2, -0.15) is 0 Å². The van der Waals surface area contributed by atoms with Crippen LogP contribution in [0, 0.1) is 0 Å². The Bertz CT molecular complexity index is 445. The Kier molecular flexibility index (Phi) is 3.96. The van der Waals surface area contributed by atoms with E-state index in [4.69, 9.17) is 0 Å². The summed E-state index contributed by atoms with van der Waals surface area (Å²) >= 11 is 3.51. The first-order chi connectivity index (χ1) is 7.83. The molecule has 2 heterocycles. The van der Waals surface area contributed by atoms with Crippen molar-refractivity contribution in [3.05, 3.63) is 33.0 Å². The van der Waals surface area contributed by atoms with E-state index in [0.717, 1.165) is 24.5 Å². The lowest BCUT2D eigenvalue weighted by Crippen LogP contribution is -1.99. The number of anilines is 1. The minimum Gasteiger partial charge on any atom is -0.357 e. The first-order valence-electron chi connectivity index (χ1n) is 5.57. The fourth-order valence-corrected chi connectivity index (χ4v) is 3.25. The Labute approximate surface area is 104 Å². The lowest BCUT2D eigenvalue weighted by Gasteiger charge is -2.02. The summed E-state index contributed by atoms with van der Waals surface area (Å²) in [4.78, 5) is 5.92. The topological polar surface area (TPSA) is 24.9 Å². The number of nitrogens with zero attached hydrogens (tertiary/aromatic N) is 1. The van der Waals surface area contributed by atoms with Crippen molar-refractivity contribution in [2.45, 2.75) is 33.2 Å². The molecule has 0 radical (unpaired) electrons. The van der Waals surface area contributed by atoms with Gasteiger partial charge in [-0.15, -0.1) is 22.7 Å². The van der Waals surface area contributed by atoms with Crippen LogP contribution in [0.15, 0.2) is 16.8 Å². The SMILES string of the molecule is CCc1csc(NCc2sccc2CC)n1. The van der Waals surface area contributed by atoms with Gasteiger partial charge in [0, 0.05) is 10.3 Å². The van der Waals surface area contributed by atoms with E-state index in [9.17, 15) is 0 Å². The molecule has 0 aliphatic carbocycles. The lowest BCUT2D eigenvalue weighted by molar-refractivity contribution is 1.04. The molecule has 0 unspecified atom stereocenters. The third-order valence-electron chi connectivity index (χ3n) is 2.53. The first kappa shape index (κ1) is 11.6. The monoisotopic (exact) mass is 252 g/mol. The molecule has 2 aromatic rings. The van der Waals surface area contributed by atoms with Gasteiger partial charge >= 0.3 is 0 Å². The Morgan fingerprint density at radius 2 is 2.12 bits per heavy atom. The van der Waals surface area contributed by atoms with E-state index in [1.54, 1.807) is 11.3 Å². The zero-order chi connectivity index (χ0) is 11.4. The first-order valence-corrected chi connectivity index (χ1v) is 7.33. The summed E-state index contributed by atoms with van der Waals surface area (Å²) in [6, 6.07) is 2.21. The maximum absolute atomic E-state index is 4.50. The number of aromatic nitrogens is 1. The van der Waals surface area contributed by atoms with Crippen LogP contribution in [-0.4, -0.2) is 4.98 Å². The van der Waals surface area contributed by atoms with E-state index >= 15 is 0 Å². The van der Waals surface area contributed by atoms with E-state index in [-0.39, 0.29) is 0 Å². The average molecular weight is 252 g/mol. The molecule has 1 N–H and O–H groups in total. The van der Waals surface area contributed by atoms with E-state index in [1.165, 1.54) is 16.1 Å².